The summed E-state index contributed by atoms with van der Waals surface area (Å²) in [6, 6.07) is 1.43. The Hall–Kier alpha value is -3.79. The van der Waals surface area contributed by atoms with Crippen LogP contribution in [0, 0.1) is 23.7 Å². The summed E-state index contributed by atoms with van der Waals surface area (Å²) in [6.45, 7) is 2.56. The molecule has 1 aliphatic rings. The number of anilines is 1. The molecule has 1 atom stereocenters. The van der Waals surface area contributed by atoms with E-state index in [9.17, 15) is 9.90 Å². The quantitative estimate of drug-likeness (QED) is 0.516. The molecule has 4 rings (SSSR count). The highest BCUT2D eigenvalue weighted by molar-refractivity contribution is 6.38. The molecule has 2 aromatic heterocycles. The Morgan fingerprint density at radius 2 is 1.89 bits per heavy atom. The van der Waals surface area contributed by atoms with Gasteiger partial charge in [-0.15, -0.1) is 10.2 Å². The lowest BCUT2D eigenvalue weighted by atomic mass is 10.1. The minimum atomic E-state index is -0.292. The molecule has 9 nitrogen and oxygen atoms in total. The largest absolute Gasteiger partial charge is 0.495 e. The van der Waals surface area contributed by atoms with Crippen LogP contribution in [0.15, 0.2) is 12.3 Å². The number of likely N-dealkylation sites (tertiary alicyclic amines) is 1. The first kappa shape index (κ1) is 24.3. The van der Waals surface area contributed by atoms with E-state index in [4.69, 9.17) is 38.4 Å². The predicted octanol–water partition coefficient (Wildman–Crippen LogP) is 3.24. The highest BCUT2D eigenvalue weighted by Crippen LogP contribution is 2.40. The average molecular weight is 514 g/mol. The summed E-state index contributed by atoms with van der Waals surface area (Å²) in [7, 11) is 2.95. The van der Waals surface area contributed by atoms with Crippen molar-refractivity contribution in [1.82, 2.24) is 19.7 Å². The molecule has 11 heteroatoms. The summed E-state index contributed by atoms with van der Waals surface area (Å²) < 4.78 is 12.4. The van der Waals surface area contributed by atoms with Gasteiger partial charge in [-0.2, -0.15) is 0 Å². The van der Waals surface area contributed by atoms with Crippen molar-refractivity contribution in [2.75, 3.05) is 33.0 Å². The first-order valence-electron chi connectivity index (χ1n) is 10.5. The minimum absolute atomic E-state index is 0.101. The maximum Gasteiger partial charge on any atom is 0.298 e. The monoisotopic (exact) mass is 513 g/mol. The van der Waals surface area contributed by atoms with Gasteiger partial charge in [-0.25, -0.2) is 0 Å². The third kappa shape index (κ3) is 4.37. The van der Waals surface area contributed by atoms with Crippen molar-refractivity contribution in [2.24, 2.45) is 0 Å². The van der Waals surface area contributed by atoms with Crippen LogP contribution < -0.4 is 15.2 Å². The number of amides is 1. The van der Waals surface area contributed by atoms with Crippen molar-refractivity contribution in [2.45, 2.75) is 19.4 Å². The molecule has 1 fully saturated rings. The van der Waals surface area contributed by atoms with E-state index < -0.39 is 0 Å². The number of hydrogen-bond acceptors (Lipinski definition) is 7. The lowest BCUT2D eigenvalue weighted by Crippen LogP contribution is -2.27. The van der Waals surface area contributed by atoms with Gasteiger partial charge in [0.2, 0.25) is 0 Å². The SMILES string of the molecule is CC#CC(=O)N1CCC(n2cc(C#Cc3c(Cl)c(OC)cc(OC)c3Cl)c3c(N)nnc(O)c32)C1. The van der Waals surface area contributed by atoms with E-state index in [0.29, 0.717) is 53.0 Å². The zero-order chi connectivity index (χ0) is 25.3. The molecule has 3 aromatic rings. The average Bonchev–Trinajstić information content (AvgIpc) is 3.48. The number of benzene rings is 1. The van der Waals surface area contributed by atoms with E-state index in [2.05, 4.69) is 33.9 Å². The zero-order valence-corrected chi connectivity index (χ0v) is 20.7. The van der Waals surface area contributed by atoms with Crippen LogP contribution in [0.1, 0.15) is 30.5 Å². The maximum absolute atomic E-state index is 12.2. The molecule has 1 amide bonds. The highest BCUT2D eigenvalue weighted by Gasteiger charge is 2.29. The van der Waals surface area contributed by atoms with Crippen molar-refractivity contribution < 1.29 is 19.4 Å². The molecule has 1 aliphatic heterocycles. The Bertz CT molecular complexity index is 1430. The molecular formula is C24H21Cl2N5O4. The van der Waals surface area contributed by atoms with Gasteiger partial charge in [-0.05, 0) is 19.3 Å². The van der Waals surface area contributed by atoms with Crippen LogP contribution in [0.2, 0.25) is 10.0 Å². The fraction of sp³-hybridized carbons (Fsp3) is 0.292. The van der Waals surface area contributed by atoms with E-state index in [1.165, 1.54) is 14.2 Å². The lowest BCUT2D eigenvalue weighted by Gasteiger charge is -2.15. The van der Waals surface area contributed by atoms with Crippen molar-refractivity contribution in [3.8, 4) is 41.1 Å². The molecule has 35 heavy (non-hydrogen) atoms. The van der Waals surface area contributed by atoms with Crippen molar-refractivity contribution >= 4 is 45.8 Å². The Balaban J connectivity index is 1.84. The second-order valence-electron chi connectivity index (χ2n) is 7.69. The van der Waals surface area contributed by atoms with Crippen LogP contribution >= 0.6 is 23.2 Å². The normalized spacial score (nSPS) is 14.8. The van der Waals surface area contributed by atoms with Gasteiger partial charge >= 0.3 is 0 Å². The summed E-state index contributed by atoms with van der Waals surface area (Å²) in [4.78, 5) is 13.9. The van der Waals surface area contributed by atoms with Crippen molar-refractivity contribution in [3.05, 3.63) is 33.4 Å². The molecule has 3 heterocycles. The van der Waals surface area contributed by atoms with Gasteiger partial charge in [0, 0.05) is 25.4 Å². The number of halogens is 2. The molecule has 0 bridgehead atoms. The van der Waals surface area contributed by atoms with E-state index in [-0.39, 0.29) is 33.7 Å². The molecule has 0 spiro atoms. The third-order valence-corrected chi connectivity index (χ3v) is 6.48. The van der Waals surface area contributed by atoms with Crippen LogP contribution in [0.3, 0.4) is 0 Å². The Morgan fingerprint density at radius 1 is 1.20 bits per heavy atom. The van der Waals surface area contributed by atoms with E-state index in [1.807, 2.05) is 4.57 Å². The molecule has 3 N–H and O–H groups in total. The number of rotatable bonds is 3. The summed E-state index contributed by atoms with van der Waals surface area (Å²) >= 11 is 12.9. The molecule has 1 unspecified atom stereocenters. The van der Waals surface area contributed by atoms with Gasteiger partial charge < -0.3 is 29.8 Å². The summed E-state index contributed by atoms with van der Waals surface area (Å²) in [5, 5.41) is 19.0. The number of ether oxygens (including phenoxy) is 2. The summed E-state index contributed by atoms with van der Waals surface area (Å²) in [5.74, 6) is 11.5. The number of carbonyl (C=O) groups excluding carboxylic acids is 1. The minimum Gasteiger partial charge on any atom is -0.495 e. The molecular weight excluding hydrogens is 493 g/mol. The van der Waals surface area contributed by atoms with Gasteiger partial charge in [0.25, 0.3) is 11.8 Å². The standard InChI is InChI=1S/C24H21Cl2N5O4/c1-4-5-18(32)30-9-8-14(12-30)31-11-13(19-22(31)24(33)29-28-23(19)27)6-7-15-20(25)16(34-2)10-17(35-3)21(15)26/h10-11,14H,8-9,12H2,1-3H3,(H2,27,28)(H,29,33). The number of nitrogens with zero attached hydrogens (tertiary/aromatic N) is 4. The van der Waals surface area contributed by atoms with Crippen LogP contribution in [0.4, 0.5) is 5.82 Å². The lowest BCUT2D eigenvalue weighted by molar-refractivity contribution is -0.124. The second-order valence-corrected chi connectivity index (χ2v) is 8.44. The first-order chi connectivity index (χ1) is 16.8. The Labute approximate surface area is 211 Å². The topological polar surface area (TPSA) is 116 Å². The molecule has 1 aromatic carbocycles. The second kappa shape index (κ2) is 9.83. The van der Waals surface area contributed by atoms with Crippen LogP contribution in [-0.2, 0) is 4.79 Å². The number of methoxy groups -OCH3 is 2. The van der Waals surface area contributed by atoms with Gasteiger partial charge in [0.15, 0.2) is 5.82 Å². The van der Waals surface area contributed by atoms with Crippen LogP contribution in [0.25, 0.3) is 10.9 Å². The third-order valence-electron chi connectivity index (χ3n) is 5.72. The fourth-order valence-electron chi connectivity index (χ4n) is 4.06. The summed E-state index contributed by atoms with van der Waals surface area (Å²) in [5.41, 5.74) is 7.30. The van der Waals surface area contributed by atoms with Crippen LogP contribution in [0.5, 0.6) is 17.4 Å². The maximum atomic E-state index is 12.2. The first-order valence-corrected chi connectivity index (χ1v) is 11.3. The molecule has 180 valence electrons. The molecule has 1 saturated heterocycles. The number of nitrogen functional groups attached to an aromatic ring is 1. The number of fused-ring (bicyclic) bond motifs is 1. The van der Waals surface area contributed by atoms with Crippen molar-refractivity contribution in [1.29, 1.82) is 0 Å². The Kier molecular flexibility index (Phi) is 6.83. The smallest absolute Gasteiger partial charge is 0.298 e. The van der Waals surface area contributed by atoms with Crippen molar-refractivity contribution in [3.63, 3.8) is 0 Å². The van der Waals surface area contributed by atoms with E-state index in [1.54, 1.807) is 24.1 Å². The van der Waals surface area contributed by atoms with Gasteiger partial charge in [-0.1, -0.05) is 41.0 Å². The van der Waals surface area contributed by atoms with Gasteiger partial charge in [0.05, 0.1) is 46.8 Å². The predicted molar refractivity (Wildman–Crippen MR) is 133 cm³/mol. The summed E-state index contributed by atoms with van der Waals surface area (Å²) in [6.07, 6.45) is 2.40. The zero-order valence-electron chi connectivity index (χ0n) is 19.1. The number of hydrogen-bond donors (Lipinski definition) is 2. The van der Waals surface area contributed by atoms with Gasteiger partial charge in [0.1, 0.15) is 17.0 Å². The molecule has 0 aliphatic carbocycles. The number of carbonyl (C=O) groups is 1. The molecule has 0 radical (unpaired) electrons. The Morgan fingerprint density at radius 3 is 2.51 bits per heavy atom. The number of aromatic nitrogens is 3. The van der Waals surface area contributed by atoms with E-state index >= 15 is 0 Å². The van der Waals surface area contributed by atoms with Gasteiger partial charge in [-0.3, -0.25) is 4.79 Å². The molecule has 0 saturated carbocycles. The van der Waals surface area contributed by atoms with Crippen LogP contribution in [-0.4, -0.2) is 58.0 Å². The highest BCUT2D eigenvalue weighted by atomic mass is 35.5. The fourth-order valence-corrected chi connectivity index (χ4v) is 4.65. The van der Waals surface area contributed by atoms with E-state index in [0.717, 1.165) is 0 Å². The number of nitrogens with two attached hydrogens (primary N) is 1. The number of aromatic hydroxyl groups is 1.